The summed E-state index contributed by atoms with van der Waals surface area (Å²) in [5.41, 5.74) is 2.51. The van der Waals surface area contributed by atoms with E-state index < -0.39 is 23.5 Å². The number of amides is 2. The van der Waals surface area contributed by atoms with E-state index in [0.29, 0.717) is 0 Å². The fraction of sp³-hybridized carbons (Fsp3) is 0.192. The van der Waals surface area contributed by atoms with E-state index in [0.717, 1.165) is 22.3 Å². The third-order valence-electron chi connectivity index (χ3n) is 5.85. The largest absolute Gasteiger partial charge is 0.478 e. The lowest BCUT2D eigenvalue weighted by Gasteiger charge is -2.26. The van der Waals surface area contributed by atoms with E-state index in [4.69, 9.17) is 27.9 Å². The summed E-state index contributed by atoms with van der Waals surface area (Å²) >= 11 is 12.0. The van der Waals surface area contributed by atoms with E-state index in [1.54, 1.807) is 0 Å². The lowest BCUT2D eigenvalue weighted by atomic mass is 9.98. The highest BCUT2D eigenvalue weighted by Crippen LogP contribution is 2.44. The van der Waals surface area contributed by atoms with Crippen LogP contribution in [0.4, 0.5) is 10.5 Å². The average Bonchev–Trinajstić information content (AvgIpc) is 3.12. The van der Waals surface area contributed by atoms with E-state index in [1.165, 1.54) is 26.0 Å². The molecule has 35 heavy (non-hydrogen) atoms. The fourth-order valence-corrected chi connectivity index (χ4v) is 4.63. The monoisotopic (exact) mass is 512 g/mol. The van der Waals surface area contributed by atoms with Gasteiger partial charge in [-0.2, -0.15) is 0 Å². The molecule has 0 atom stereocenters. The molecule has 180 valence electrons. The SMILES string of the molecule is CC(C)(NC(=O)OCC1c2ccccc2-c2ccccc21)C(=O)Nc1c(Cl)cc(Cl)cc1C(=O)O. The van der Waals surface area contributed by atoms with Crippen molar-refractivity contribution < 1.29 is 24.2 Å². The van der Waals surface area contributed by atoms with Crippen LogP contribution in [0.3, 0.4) is 0 Å². The van der Waals surface area contributed by atoms with Crippen LogP contribution in [0.25, 0.3) is 11.1 Å². The first-order chi connectivity index (χ1) is 16.6. The number of carbonyl (C=O) groups is 3. The summed E-state index contributed by atoms with van der Waals surface area (Å²) in [4.78, 5) is 37.1. The van der Waals surface area contributed by atoms with Crippen molar-refractivity contribution in [3.8, 4) is 11.1 Å². The van der Waals surface area contributed by atoms with Crippen molar-refractivity contribution in [1.29, 1.82) is 0 Å². The van der Waals surface area contributed by atoms with Crippen LogP contribution in [-0.4, -0.2) is 35.2 Å². The van der Waals surface area contributed by atoms with Gasteiger partial charge in [0.25, 0.3) is 0 Å². The van der Waals surface area contributed by atoms with E-state index >= 15 is 0 Å². The van der Waals surface area contributed by atoms with Crippen LogP contribution >= 0.6 is 23.2 Å². The van der Waals surface area contributed by atoms with Crippen molar-refractivity contribution in [3.63, 3.8) is 0 Å². The third kappa shape index (κ3) is 4.97. The van der Waals surface area contributed by atoms with Gasteiger partial charge in [-0.3, -0.25) is 4.79 Å². The number of benzene rings is 3. The van der Waals surface area contributed by atoms with Crippen LogP contribution in [-0.2, 0) is 9.53 Å². The molecule has 0 saturated carbocycles. The van der Waals surface area contributed by atoms with Crippen molar-refractivity contribution in [2.75, 3.05) is 11.9 Å². The minimum absolute atomic E-state index is 0.0415. The smallest absolute Gasteiger partial charge is 0.408 e. The Kier molecular flexibility index (Phi) is 6.74. The summed E-state index contributed by atoms with van der Waals surface area (Å²) in [7, 11) is 0. The number of carboxylic acid groups (broad SMARTS) is 1. The number of halogens is 2. The Morgan fingerprint density at radius 1 is 0.971 bits per heavy atom. The van der Waals surface area contributed by atoms with Crippen molar-refractivity contribution in [2.24, 2.45) is 0 Å². The quantitative estimate of drug-likeness (QED) is 0.378. The van der Waals surface area contributed by atoms with Crippen LogP contribution in [0.5, 0.6) is 0 Å². The molecule has 0 radical (unpaired) electrons. The standard InChI is InChI=1S/C26H22Cl2N2O5/c1-26(2,24(33)29-22-19(23(31)32)11-14(27)12-21(22)28)30-25(34)35-13-20-17-9-5-3-7-15(17)16-8-4-6-10-18(16)20/h3-12,20H,13H2,1-2H3,(H,29,33)(H,30,34)(H,31,32). The maximum Gasteiger partial charge on any atom is 0.408 e. The van der Waals surface area contributed by atoms with Gasteiger partial charge in [-0.15, -0.1) is 0 Å². The Morgan fingerprint density at radius 2 is 1.54 bits per heavy atom. The van der Waals surface area contributed by atoms with Crippen LogP contribution in [0.15, 0.2) is 60.7 Å². The molecular formula is C26H22Cl2N2O5. The number of carboxylic acids is 1. The summed E-state index contributed by atoms with van der Waals surface area (Å²) < 4.78 is 5.51. The number of ether oxygens (including phenoxy) is 1. The molecule has 0 aliphatic heterocycles. The first-order valence-corrected chi connectivity index (χ1v) is 11.5. The van der Waals surface area contributed by atoms with Gasteiger partial charge in [-0.05, 0) is 48.2 Å². The summed E-state index contributed by atoms with van der Waals surface area (Å²) in [6.07, 6.45) is -0.785. The van der Waals surface area contributed by atoms with Gasteiger partial charge < -0.3 is 20.5 Å². The number of nitrogens with one attached hydrogen (secondary N) is 2. The van der Waals surface area contributed by atoms with Gasteiger partial charge in [0.05, 0.1) is 16.3 Å². The normalized spacial score (nSPS) is 12.5. The van der Waals surface area contributed by atoms with Crippen molar-refractivity contribution in [3.05, 3.63) is 87.4 Å². The molecule has 3 aromatic rings. The number of alkyl carbamates (subject to hydrolysis) is 1. The van der Waals surface area contributed by atoms with Crippen LogP contribution < -0.4 is 10.6 Å². The fourth-order valence-electron chi connectivity index (χ4n) is 4.09. The number of anilines is 1. The molecule has 7 nitrogen and oxygen atoms in total. The first kappa shape index (κ1) is 24.6. The number of rotatable bonds is 6. The van der Waals surface area contributed by atoms with Gasteiger partial charge in [0.2, 0.25) is 5.91 Å². The lowest BCUT2D eigenvalue weighted by Crippen LogP contribution is -2.52. The number of aromatic carboxylic acids is 1. The average molecular weight is 513 g/mol. The molecule has 0 aromatic heterocycles. The molecule has 1 aliphatic carbocycles. The number of hydrogen-bond donors (Lipinski definition) is 3. The topological polar surface area (TPSA) is 105 Å². The predicted octanol–water partition coefficient (Wildman–Crippen LogP) is 5.95. The lowest BCUT2D eigenvalue weighted by molar-refractivity contribution is -0.121. The second kappa shape index (κ2) is 9.60. The molecule has 0 spiro atoms. The van der Waals surface area contributed by atoms with E-state index in [2.05, 4.69) is 10.6 Å². The molecule has 0 unspecified atom stereocenters. The number of hydrogen-bond acceptors (Lipinski definition) is 4. The van der Waals surface area contributed by atoms with Gasteiger partial charge in [0, 0.05) is 10.9 Å². The molecule has 0 fully saturated rings. The number of carbonyl (C=O) groups excluding carboxylic acids is 2. The van der Waals surface area contributed by atoms with Gasteiger partial charge in [0.15, 0.2) is 0 Å². The molecule has 0 bridgehead atoms. The second-order valence-corrected chi connectivity index (χ2v) is 9.49. The zero-order chi connectivity index (χ0) is 25.3. The Balaban J connectivity index is 1.44. The van der Waals surface area contributed by atoms with Crippen molar-refractivity contribution >= 4 is 46.9 Å². The van der Waals surface area contributed by atoms with Gasteiger partial charge in [-0.25, -0.2) is 9.59 Å². The van der Waals surface area contributed by atoms with Crippen LogP contribution in [0, 0.1) is 0 Å². The Bertz CT molecular complexity index is 1290. The zero-order valence-corrected chi connectivity index (χ0v) is 20.4. The van der Waals surface area contributed by atoms with Gasteiger partial charge >= 0.3 is 12.1 Å². The van der Waals surface area contributed by atoms with Gasteiger partial charge in [0.1, 0.15) is 12.1 Å². The highest BCUT2D eigenvalue weighted by Gasteiger charge is 2.33. The molecule has 9 heteroatoms. The van der Waals surface area contributed by atoms with Crippen molar-refractivity contribution in [2.45, 2.75) is 25.3 Å². The Hall–Kier alpha value is -3.55. The van der Waals surface area contributed by atoms with Crippen LogP contribution in [0.2, 0.25) is 10.0 Å². The molecule has 0 saturated heterocycles. The maximum absolute atomic E-state index is 12.9. The zero-order valence-electron chi connectivity index (χ0n) is 18.9. The van der Waals surface area contributed by atoms with E-state index in [-0.39, 0.29) is 33.8 Å². The van der Waals surface area contributed by atoms with Crippen LogP contribution in [0.1, 0.15) is 41.3 Å². The van der Waals surface area contributed by atoms with Crippen molar-refractivity contribution in [1.82, 2.24) is 5.32 Å². The first-order valence-electron chi connectivity index (χ1n) is 10.8. The molecule has 1 aliphatic rings. The van der Waals surface area contributed by atoms with E-state index in [9.17, 15) is 19.5 Å². The molecular weight excluding hydrogens is 491 g/mol. The summed E-state index contributed by atoms with van der Waals surface area (Å²) in [5, 5.41) is 14.5. The number of fused-ring (bicyclic) bond motifs is 3. The molecule has 4 rings (SSSR count). The van der Waals surface area contributed by atoms with Gasteiger partial charge in [-0.1, -0.05) is 71.7 Å². The Morgan fingerprint density at radius 3 is 2.11 bits per heavy atom. The molecule has 3 aromatic carbocycles. The highest BCUT2D eigenvalue weighted by atomic mass is 35.5. The minimum Gasteiger partial charge on any atom is -0.478 e. The molecule has 0 heterocycles. The predicted molar refractivity (Wildman–Crippen MR) is 134 cm³/mol. The summed E-state index contributed by atoms with van der Waals surface area (Å²) in [5.74, 6) is -2.12. The Labute approximate surface area is 212 Å². The maximum atomic E-state index is 12.9. The van der Waals surface area contributed by atoms with E-state index in [1.807, 2.05) is 48.5 Å². The molecule has 2 amide bonds. The highest BCUT2D eigenvalue weighted by molar-refractivity contribution is 6.38. The second-order valence-electron chi connectivity index (χ2n) is 8.64. The summed E-state index contributed by atoms with van der Waals surface area (Å²) in [6, 6.07) is 18.4. The minimum atomic E-state index is -1.44. The third-order valence-corrected chi connectivity index (χ3v) is 6.37. The summed E-state index contributed by atoms with van der Waals surface area (Å²) in [6.45, 7) is 3.02. The molecule has 3 N–H and O–H groups in total.